The Morgan fingerprint density at radius 3 is 1.35 bits per heavy atom. The third-order valence-electron chi connectivity index (χ3n) is 14.6. The van der Waals surface area contributed by atoms with Gasteiger partial charge in [-0.1, -0.05) is 0 Å². The lowest BCUT2D eigenvalue weighted by Gasteiger charge is -2.57. The van der Waals surface area contributed by atoms with Crippen LogP contribution in [-0.4, -0.2) is 46.1 Å². The zero-order chi connectivity index (χ0) is 31.5. The summed E-state index contributed by atoms with van der Waals surface area (Å²) in [6, 6.07) is 0. The zero-order valence-electron chi connectivity index (χ0n) is 27.8. The molecule has 12 rings (SSSR count). The van der Waals surface area contributed by atoms with Crippen molar-refractivity contribution in [2.45, 2.75) is 164 Å². The maximum absolute atomic E-state index is 10.9. The van der Waals surface area contributed by atoms with Crippen molar-refractivity contribution in [3.63, 3.8) is 0 Å². The third kappa shape index (κ3) is 5.01. The monoisotopic (exact) mass is 645 g/mol. The first-order valence-corrected chi connectivity index (χ1v) is 18.8. The summed E-state index contributed by atoms with van der Waals surface area (Å²) in [5.41, 5.74) is 4.50. The number of ether oxygens (including phenoxy) is 3. The van der Waals surface area contributed by atoms with Gasteiger partial charge in [-0.3, -0.25) is 0 Å². The fraction of sp³-hybridized carbons (Fsp3) is 0.972. The second-order valence-corrected chi connectivity index (χ2v) is 18.0. The standard InChI is InChI=1S/C19H30O4.C17H25NO5/c1-17(2,20)14-3-5-18(6-4-14)21-19(23-22-18)15-8-12-7-13(10-15)11-16(19)9-12;18-15(19)20-14-1-3-16(4-2-14)21-17(23-22-16)12-6-10-5-11(8-12)9-13(17)7-10/h12-16,20H,3-11H2,1-2H3;10-14H,1-9H2,(H2,18,19). The molecule has 0 atom stereocenters. The quantitative estimate of drug-likeness (QED) is 0.318. The fourth-order valence-corrected chi connectivity index (χ4v) is 12.7. The zero-order valence-corrected chi connectivity index (χ0v) is 27.8. The van der Waals surface area contributed by atoms with E-state index in [1.54, 1.807) is 0 Å². The predicted molar refractivity (Wildman–Crippen MR) is 163 cm³/mol. The van der Waals surface area contributed by atoms with Gasteiger partial charge in [0.1, 0.15) is 6.10 Å². The topological polar surface area (TPSA) is 128 Å². The number of carbonyl (C=O) groups excluding carboxylic acids is 1. The van der Waals surface area contributed by atoms with Gasteiger partial charge in [0.15, 0.2) is 0 Å². The normalized spacial score (nSPS) is 54.6. The van der Waals surface area contributed by atoms with Crippen LogP contribution in [0.1, 0.15) is 129 Å². The Labute approximate surface area is 272 Å². The van der Waals surface area contributed by atoms with Crippen LogP contribution in [-0.2, 0) is 33.8 Å². The van der Waals surface area contributed by atoms with Gasteiger partial charge in [-0.05, 0) is 133 Å². The van der Waals surface area contributed by atoms with Crippen molar-refractivity contribution in [3.05, 3.63) is 0 Å². The molecular weight excluding hydrogens is 590 g/mol. The fourth-order valence-electron chi connectivity index (χ4n) is 12.7. The molecule has 10 nitrogen and oxygen atoms in total. The van der Waals surface area contributed by atoms with Crippen LogP contribution < -0.4 is 5.73 Å². The van der Waals surface area contributed by atoms with Crippen LogP contribution in [0.2, 0.25) is 0 Å². The van der Waals surface area contributed by atoms with Gasteiger partial charge in [0.05, 0.1) is 5.60 Å². The van der Waals surface area contributed by atoms with E-state index in [1.165, 1.54) is 64.2 Å². The highest BCUT2D eigenvalue weighted by atomic mass is 17.3. The Morgan fingerprint density at radius 2 is 1.00 bits per heavy atom. The number of primary amides is 1. The van der Waals surface area contributed by atoms with Gasteiger partial charge in [-0.2, -0.15) is 19.6 Å². The summed E-state index contributed by atoms with van der Waals surface area (Å²) in [6.07, 6.45) is 18.3. The maximum Gasteiger partial charge on any atom is 0.404 e. The lowest BCUT2D eigenvalue weighted by Crippen LogP contribution is -2.59. The molecule has 0 radical (unpaired) electrons. The minimum atomic E-state index is -0.701. The molecule has 0 unspecified atom stereocenters. The van der Waals surface area contributed by atoms with E-state index in [2.05, 4.69) is 0 Å². The molecule has 12 aliphatic rings. The van der Waals surface area contributed by atoms with Crippen LogP contribution in [0.15, 0.2) is 0 Å². The highest BCUT2D eigenvalue weighted by Gasteiger charge is 2.68. The van der Waals surface area contributed by atoms with Crippen molar-refractivity contribution in [1.29, 1.82) is 0 Å². The molecule has 2 saturated heterocycles. The van der Waals surface area contributed by atoms with E-state index < -0.39 is 34.8 Å². The van der Waals surface area contributed by atoms with Crippen molar-refractivity contribution in [3.8, 4) is 0 Å². The van der Waals surface area contributed by atoms with Crippen molar-refractivity contribution in [1.82, 2.24) is 0 Å². The van der Waals surface area contributed by atoms with Crippen LogP contribution in [0, 0.1) is 53.3 Å². The van der Waals surface area contributed by atoms with Gasteiger partial charge in [0.25, 0.3) is 0 Å². The minimum absolute atomic E-state index is 0.125. The lowest BCUT2D eigenvalue weighted by molar-refractivity contribution is -0.390. The average molecular weight is 646 g/mol. The summed E-state index contributed by atoms with van der Waals surface area (Å²) in [6.45, 7) is 3.84. The second-order valence-electron chi connectivity index (χ2n) is 18.0. The molecule has 10 saturated carbocycles. The summed E-state index contributed by atoms with van der Waals surface area (Å²) < 4.78 is 18.4. The number of rotatable bonds is 2. The smallest absolute Gasteiger partial charge is 0.404 e. The Balaban J connectivity index is 0.000000127. The average Bonchev–Trinajstić information content (AvgIpc) is 3.56. The van der Waals surface area contributed by atoms with E-state index >= 15 is 0 Å². The van der Waals surface area contributed by atoms with E-state index in [1.807, 2.05) is 13.8 Å². The van der Waals surface area contributed by atoms with Crippen LogP contribution in [0.5, 0.6) is 0 Å². The van der Waals surface area contributed by atoms with Crippen LogP contribution in [0.25, 0.3) is 0 Å². The van der Waals surface area contributed by atoms with Gasteiger partial charge in [0, 0.05) is 49.4 Å². The first kappa shape index (κ1) is 31.0. The second kappa shape index (κ2) is 10.7. The highest BCUT2D eigenvalue weighted by molar-refractivity contribution is 5.64. The molecule has 3 N–H and O–H groups in total. The summed E-state index contributed by atoms with van der Waals surface area (Å²) in [4.78, 5) is 34.7. The van der Waals surface area contributed by atoms with Gasteiger partial charge in [-0.25, -0.2) is 4.79 Å². The summed E-state index contributed by atoms with van der Waals surface area (Å²) in [5.74, 6) is 3.75. The molecule has 258 valence electrons. The van der Waals surface area contributed by atoms with E-state index in [4.69, 9.17) is 39.5 Å². The predicted octanol–water partition coefficient (Wildman–Crippen LogP) is 6.63. The Hall–Kier alpha value is -1.01. The molecule has 4 spiro atoms. The summed E-state index contributed by atoms with van der Waals surface area (Å²) in [7, 11) is 0. The van der Waals surface area contributed by atoms with E-state index in [-0.39, 0.29) is 6.10 Å². The molecule has 10 heteroatoms. The highest BCUT2D eigenvalue weighted by Crippen LogP contribution is 2.65. The molecule has 10 aliphatic carbocycles. The summed E-state index contributed by atoms with van der Waals surface area (Å²) >= 11 is 0. The molecule has 1 amide bonds. The van der Waals surface area contributed by atoms with E-state index in [9.17, 15) is 9.90 Å². The largest absolute Gasteiger partial charge is 0.446 e. The molecular formula is C36H55NO9. The SMILES string of the molecule is CC(C)(O)C1CCC2(CC1)OOC1(O2)C2CC3CC(C2)CC1C3.NC(=O)OC1CCC2(CC1)OOC1(O2)C2CC3CC(C2)CC1C3. The number of nitrogens with two attached hydrogens (primary N) is 1. The molecule has 8 bridgehead atoms. The van der Waals surface area contributed by atoms with E-state index in [0.29, 0.717) is 55.3 Å². The van der Waals surface area contributed by atoms with Crippen molar-refractivity contribution in [2.75, 3.05) is 0 Å². The number of hydrogen-bond acceptors (Lipinski definition) is 9. The van der Waals surface area contributed by atoms with Crippen molar-refractivity contribution >= 4 is 6.09 Å². The van der Waals surface area contributed by atoms with Crippen LogP contribution in [0.4, 0.5) is 4.79 Å². The van der Waals surface area contributed by atoms with Crippen molar-refractivity contribution < 1.29 is 43.7 Å². The lowest BCUT2D eigenvalue weighted by atomic mass is 9.53. The Bertz CT molecular complexity index is 1130. The molecule has 46 heavy (non-hydrogen) atoms. The van der Waals surface area contributed by atoms with Gasteiger partial charge in [0.2, 0.25) is 23.1 Å². The molecule has 2 heterocycles. The Morgan fingerprint density at radius 1 is 0.630 bits per heavy atom. The van der Waals surface area contributed by atoms with Gasteiger partial charge < -0.3 is 25.1 Å². The minimum Gasteiger partial charge on any atom is -0.446 e. The Kier molecular flexibility index (Phi) is 7.24. The van der Waals surface area contributed by atoms with Gasteiger partial charge in [-0.15, -0.1) is 0 Å². The summed E-state index contributed by atoms with van der Waals surface area (Å²) in [5, 5.41) is 10.3. The van der Waals surface area contributed by atoms with Crippen LogP contribution >= 0.6 is 0 Å². The van der Waals surface area contributed by atoms with Crippen LogP contribution in [0.3, 0.4) is 0 Å². The van der Waals surface area contributed by atoms with E-state index in [0.717, 1.165) is 49.4 Å². The first-order chi connectivity index (χ1) is 22.0. The molecule has 12 fully saturated rings. The number of aliphatic hydroxyl groups is 1. The first-order valence-electron chi connectivity index (χ1n) is 18.8. The molecule has 0 aromatic rings. The number of amides is 1. The molecule has 0 aromatic carbocycles. The molecule has 2 aliphatic heterocycles. The van der Waals surface area contributed by atoms with Crippen molar-refractivity contribution in [2.24, 2.45) is 59.0 Å². The van der Waals surface area contributed by atoms with Gasteiger partial charge >= 0.3 is 6.09 Å². The molecule has 0 aromatic heterocycles. The maximum atomic E-state index is 10.9. The number of carbonyl (C=O) groups is 1. The number of hydrogen-bond donors (Lipinski definition) is 2. The third-order valence-corrected chi connectivity index (χ3v) is 14.6.